The molecule has 0 aliphatic rings. The maximum Gasteiger partial charge on any atom is 0.272 e. The van der Waals surface area contributed by atoms with E-state index in [-0.39, 0.29) is 17.6 Å². The number of carbonyl (C=O) groups excluding carboxylic acids is 2. The molecule has 2 amide bonds. The van der Waals surface area contributed by atoms with E-state index in [0.717, 1.165) is 0 Å². The summed E-state index contributed by atoms with van der Waals surface area (Å²) in [6.45, 7) is -0.0102. The first-order valence-corrected chi connectivity index (χ1v) is 8.91. The van der Waals surface area contributed by atoms with Crippen LogP contribution in [0.25, 0.3) is 0 Å². The van der Waals surface area contributed by atoms with Gasteiger partial charge >= 0.3 is 0 Å². The van der Waals surface area contributed by atoms with Crippen molar-refractivity contribution in [3.05, 3.63) is 58.6 Å². The first-order chi connectivity index (χ1) is 13.4. The molecular weight excluding hydrogens is 405 g/mol. The lowest BCUT2D eigenvalue weighted by atomic mass is 10.3. The second-order valence-electron chi connectivity index (χ2n) is 5.88. The van der Waals surface area contributed by atoms with Gasteiger partial charge in [0.25, 0.3) is 5.91 Å². The lowest BCUT2D eigenvalue weighted by molar-refractivity contribution is -0.116. The molecule has 8 nitrogen and oxygen atoms in total. The van der Waals surface area contributed by atoms with Gasteiger partial charge < -0.3 is 19.9 Å². The molecule has 3 aromatic rings. The average molecular weight is 422 g/mol. The van der Waals surface area contributed by atoms with E-state index >= 15 is 0 Å². The summed E-state index contributed by atoms with van der Waals surface area (Å²) in [6.07, 6.45) is 3.00. The Morgan fingerprint density at radius 2 is 1.86 bits per heavy atom. The van der Waals surface area contributed by atoms with E-state index in [1.165, 1.54) is 21.5 Å². The Morgan fingerprint density at radius 3 is 2.46 bits per heavy atom. The maximum atomic E-state index is 12.3. The van der Waals surface area contributed by atoms with Crippen molar-refractivity contribution in [1.82, 2.24) is 14.3 Å². The number of rotatable bonds is 6. The molecule has 10 heteroatoms. The molecule has 2 aromatic heterocycles. The van der Waals surface area contributed by atoms with Gasteiger partial charge in [-0.05, 0) is 30.3 Å². The van der Waals surface area contributed by atoms with Crippen LogP contribution in [0.5, 0.6) is 5.75 Å². The minimum absolute atomic E-state index is 0.0102. The van der Waals surface area contributed by atoms with E-state index in [9.17, 15) is 9.59 Å². The summed E-state index contributed by atoms with van der Waals surface area (Å²) in [4.78, 5) is 24.5. The zero-order valence-electron chi connectivity index (χ0n) is 15.1. The molecule has 146 valence electrons. The summed E-state index contributed by atoms with van der Waals surface area (Å²) in [6, 6.07) is 8.45. The molecule has 0 bridgehead atoms. The normalized spacial score (nSPS) is 10.6. The molecule has 0 saturated carbocycles. The molecule has 28 heavy (non-hydrogen) atoms. The number of amides is 2. The van der Waals surface area contributed by atoms with Crippen LogP contribution < -0.4 is 15.4 Å². The Morgan fingerprint density at radius 1 is 1.14 bits per heavy atom. The number of aromatic nitrogens is 3. The molecule has 0 saturated heterocycles. The van der Waals surface area contributed by atoms with E-state index in [0.29, 0.717) is 27.8 Å². The fourth-order valence-corrected chi connectivity index (χ4v) is 2.87. The number of halogens is 2. The first-order valence-electron chi connectivity index (χ1n) is 8.16. The molecule has 2 N–H and O–H groups in total. The topological polar surface area (TPSA) is 90.2 Å². The molecule has 0 aliphatic carbocycles. The lowest BCUT2D eigenvalue weighted by Crippen LogP contribution is -2.19. The standard InChI is InChI=1S/C18H17Cl2N5O3/c1-24-15(7-14(19)17(24)20)18(27)23-12-8-21-25(9-12)10-16(26)22-11-3-5-13(28-2)6-4-11/h3-9H,10H2,1-2H3,(H,22,26)(H,23,27). The third-order valence-corrected chi connectivity index (χ3v) is 4.76. The number of carbonyl (C=O) groups is 2. The Labute approximate surface area is 171 Å². The van der Waals surface area contributed by atoms with Crippen molar-refractivity contribution in [2.45, 2.75) is 6.54 Å². The van der Waals surface area contributed by atoms with Crippen molar-refractivity contribution in [2.24, 2.45) is 7.05 Å². The second-order valence-corrected chi connectivity index (χ2v) is 6.65. The van der Waals surface area contributed by atoms with Crippen LogP contribution in [-0.4, -0.2) is 33.3 Å². The van der Waals surface area contributed by atoms with Gasteiger partial charge in [-0.3, -0.25) is 14.3 Å². The van der Waals surface area contributed by atoms with Gasteiger partial charge in [0.1, 0.15) is 23.1 Å². The Balaban J connectivity index is 1.59. The zero-order chi connectivity index (χ0) is 20.3. The molecule has 0 spiro atoms. The van der Waals surface area contributed by atoms with Gasteiger partial charge in [-0.2, -0.15) is 5.10 Å². The quantitative estimate of drug-likeness (QED) is 0.637. The summed E-state index contributed by atoms with van der Waals surface area (Å²) in [7, 11) is 3.21. The summed E-state index contributed by atoms with van der Waals surface area (Å²) in [5.41, 5.74) is 1.39. The highest BCUT2D eigenvalue weighted by Gasteiger charge is 2.16. The molecule has 0 radical (unpaired) electrons. The van der Waals surface area contributed by atoms with Crippen LogP contribution in [0.15, 0.2) is 42.7 Å². The van der Waals surface area contributed by atoms with Crippen molar-refractivity contribution >= 4 is 46.4 Å². The fraction of sp³-hybridized carbons (Fsp3) is 0.167. The Kier molecular flexibility index (Phi) is 5.91. The van der Waals surface area contributed by atoms with E-state index in [4.69, 9.17) is 27.9 Å². The van der Waals surface area contributed by atoms with Crippen molar-refractivity contribution < 1.29 is 14.3 Å². The van der Waals surface area contributed by atoms with Crippen LogP contribution in [0.1, 0.15) is 10.5 Å². The highest BCUT2D eigenvalue weighted by atomic mass is 35.5. The number of nitrogens with one attached hydrogen (secondary N) is 2. The third kappa shape index (κ3) is 4.47. The van der Waals surface area contributed by atoms with Crippen LogP contribution in [-0.2, 0) is 18.4 Å². The number of ether oxygens (including phenoxy) is 1. The van der Waals surface area contributed by atoms with Gasteiger partial charge in [0.05, 0.1) is 24.0 Å². The van der Waals surface area contributed by atoms with E-state index in [1.54, 1.807) is 44.6 Å². The van der Waals surface area contributed by atoms with Crippen LogP contribution in [0, 0.1) is 0 Å². The van der Waals surface area contributed by atoms with Crippen molar-refractivity contribution in [2.75, 3.05) is 17.7 Å². The number of hydrogen-bond acceptors (Lipinski definition) is 4. The van der Waals surface area contributed by atoms with Gasteiger partial charge in [-0.15, -0.1) is 0 Å². The third-order valence-electron chi connectivity index (χ3n) is 3.92. The molecule has 0 unspecified atom stereocenters. The molecule has 0 atom stereocenters. The average Bonchev–Trinajstić information content (AvgIpc) is 3.21. The SMILES string of the molecule is COc1ccc(NC(=O)Cn2cc(NC(=O)c3cc(Cl)c(Cl)n3C)cn2)cc1. The van der Waals surface area contributed by atoms with Crippen molar-refractivity contribution in [3.63, 3.8) is 0 Å². The Hall–Kier alpha value is -2.97. The molecule has 0 aliphatic heterocycles. The molecule has 2 heterocycles. The minimum atomic E-state index is -0.390. The predicted molar refractivity (Wildman–Crippen MR) is 107 cm³/mol. The number of methoxy groups -OCH3 is 1. The van der Waals surface area contributed by atoms with Crippen LogP contribution in [0.2, 0.25) is 10.2 Å². The summed E-state index contributed by atoms with van der Waals surface area (Å²) < 4.78 is 7.97. The highest BCUT2D eigenvalue weighted by Crippen LogP contribution is 2.25. The van der Waals surface area contributed by atoms with Crippen LogP contribution in [0.4, 0.5) is 11.4 Å². The largest absolute Gasteiger partial charge is 0.497 e. The fourth-order valence-electron chi connectivity index (χ4n) is 2.49. The van der Waals surface area contributed by atoms with E-state index < -0.39 is 5.91 Å². The van der Waals surface area contributed by atoms with E-state index in [1.807, 2.05) is 0 Å². The summed E-state index contributed by atoms with van der Waals surface area (Å²) in [5, 5.41) is 10.1. The van der Waals surface area contributed by atoms with Crippen LogP contribution in [0.3, 0.4) is 0 Å². The van der Waals surface area contributed by atoms with Crippen LogP contribution >= 0.6 is 23.2 Å². The maximum absolute atomic E-state index is 12.3. The molecular formula is C18H17Cl2N5O3. The summed E-state index contributed by atoms with van der Waals surface area (Å²) >= 11 is 11.9. The molecule has 3 rings (SSSR count). The number of hydrogen-bond donors (Lipinski definition) is 2. The number of benzene rings is 1. The van der Waals surface area contributed by atoms with Crippen molar-refractivity contribution in [1.29, 1.82) is 0 Å². The van der Waals surface area contributed by atoms with Gasteiger partial charge in [0, 0.05) is 18.9 Å². The monoisotopic (exact) mass is 421 g/mol. The first kappa shape index (κ1) is 19.8. The minimum Gasteiger partial charge on any atom is -0.497 e. The summed E-state index contributed by atoms with van der Waals surface area (Å²) in [5.74, 6) is 0.0527. The predicted octanol–water partition coefficient (Wildman–Crippen LogP) is 3.43. The molecule has 0 fully saturated rings. The van der Waals surface area contributed by atoms with Gasteiger partial charge in [-0.1, -0.05) is 23.2 Å². The van der Waals surface area contributed by atoms with E-state index in [2.05, 4.69) is 15.7 Å². The van der Waals surface area contributed by atoms with Gasteiger partial charge in [0.2, 0.25) is 5.91 Å². The highest BCUT2D eigenvalue weighted by molar-refractivity contribution is 6.42. The number of nitrogens with zero attached hydrogens (tertiary/aromatic N) is 3. The number of anilines is 2. The Bertz CT molecular complexity index is 1010. The smallest absolute Gasteiger partial charge is 0.272 e. The van der Waals surface area contributed by atoms with Crippen molar-refractivity contribution in [3.8, 4) is 5.75 Å². The van der Waals surface area contributed by atoms with Gasteiger partial charge in [-0.25, -0.2) is 0 Å². The van der Waals surface area contributed by atoms with Gasteiger partial charge in [0.15, 0.2) is 0 Å². The second kappa shape index (κ2) is 8.37. The molecule has 1 aromatic carbocycles. The zero-order valence-corrected chi connectivity index (χ0v) is 16.6. The lowest BCUT2D eigenvalue weighted by Gasteiger charge is -2.06.